The van der Waals surface area contributed by atoms with Crippen LogP contribution in [-0.2, 0) is 26.3 Å². The highest BCUT2D eigenvalue weighted by Gasteiger charge is 2.82. The average molecular weight is 530 g/mol. The Bertz CT molecular complexity index is 1120. The molecule has 0 radical (unpaired) electrons. The fourth-order valence-corrected chi connectivity index (χ4v) is 9.31. The number of hydrogen-bond donors (Lipinski definition) is 1. The summed E-state index contributed by atoms with van der Waals surface area (Å²) in [4.78, 5) is 14.1. The lowest BCUT2D eigenvalue weighted by atomic mass is 9.33. The van der Waals surface area contributed by atoms with E-state index in [2.05, 4.69) is 37.8 Å². The molecular weight excluding hydrogens is 482 g/mol. The molecule has 4 fully saturated rings. The van der Waals surface area contributed by atoms with E-state index < -0.39 is 11.2 Å². The van der Waals surface area contributed by atoms with Crippen molar-refractivity contribution in [3.63, 3.8) is 0 Å². The van der Waals surface area contributed by atoms with Crippen molar-refractivity contribution in [2.45, 2.75) is 115 Å². The zero-order valence-electron chi connectivity index (χ0n) is 24.8. The second-order valence-electron chi connectivity index (χ2n) is 14.8. The van der Waals surface area contributed by atoms with Crippen LogP contribution in [0.2, 0.25) is 0 Å². The summed E-state index contributed by atoms with van der Waals surface area (Å²) in [6.07, 6.45) is 4.49. The first-order chi connectivity index (χ1) is 17.7. The molecule has 3 saturated carbocycles. The smallest absolute Gasteiger partial charge is 0.165 e. The molecule has 7 heteroatoms. The van der Waals surface area contributed by atoms with Gasteiger partial charge in [0, 0.05) is 42.0 Å². The summed E-state index contributed by atoms with van der Waals surface area (Å²) in [6.45, 7) is 15.8. The number of hydrogen-bond acceptors (Lipinski definition) is 7. The molecule has 4 bridgehead atoms. The van der Waals surface area contributed by atoms with Gasteiger partial charge in [0.2, 0.25) is 0 Å². The lowest BCUT2D eigenvalue weighted by Gasteiger charge is -2.75. The molecular formula is C31H47NO6. The van der Waals surface area contributed by atoms with Gasteiger partial charge >= 0.3 is 0 Å². The number of nitrogens with zero attached hydrogens (tertiary/aromatic N) is 1. The van der Waals surface area contributed by atoms with Crippen LogP contribution in [0, 0.1) is 16.7 Å². The summed E-state index contributed by atoms with van der Waals surface area (Å²) in [5, 5.41) is 12.3. The molecule has 7 nitrogen and oxygen atoms in total. The van der Waals surface area contributed by atoms with Crippen LogP contribution in [0.3, 0.4) is 0 Å². The Morgan fingerprint density at radius 1 is 1.05 bits per heavy atom. The minimum atomic E-state index is -0.953. The summed E-state index contributed by atoms with van der Waals surface area (Å²) in [5.41, 5.74) is 0.195. The third kappa shape index (κ3) is 3.14. The second-order valence-corrected chi connectivity index (χ2v) is 14.8. The first-order valence-corrected chi connectivity index (χ1v) is 14.4. The number of aliphatic hydroxyl groups is 1. The van der Waals surface area contributed by atoms with Crippen LogP contribution in [-0.4, -0.2) is 66.5 Å². The molecule has 0 aromatic heterocycles. The van der Waals surface area contributed by atoms with E-state index in [1.54, 1.807) is 7.11 Å². The molecule has 2 spiro atoms. The normalized spacial score (nSPS) is 38.9. The van der Waals surface area contributed by atoms with Gasteiger partial charge in [-0.2, -0.15) is 0 Å². The van der Waals surface area contributed by atoms with E-state index in [4.69, 9.17) is 24.0 Å². The molecule has 1 aromatic carbocycles. The lowest BCUT2D eigenvalue weighted by Crippen LogP contribution is -2.83. The van der Waals surface area contributed by atoms with Gasteiger partial charge in [0.15, 0.2) is 11.5 Å². The zero-order valence-corrected chi connectivity index (χ0v) is 24.8. The lowest BCUT2D eigenvalue weighted by molar-refractivity contribution is -0.376. The van der Waals surface area contributed by atoms with Gasteiger partial charge in [-0.1, -0.05) is 26.8 Å². The van der Waals surface area contributed by atoms with Gasteiger partial charge in [-0.3, -0.25) is 4.90 Å². The first-order valence-electron chi connectivity index (χ1n) is 14.4. The fourth-order valence-electron chi connectivity index (χ4n) is 9.31. The number of methoxy groups -OCH3 is 2. The summed E-state index contributed by atoms with van der Waals surface area (Å²) >= 11 is 0. The van der Waals surface area contributed by atoms with Gasteiger partial charge in [0.05, 0.1) is 18.3 Å². The number of fused-ring (bicyclic) bond motifs is 2. The van der Waals surface area contributed by atoms with E-state index in [1.165, 1.54) is 11.1 Å². The monoisotopic (exact) mass is 529 g/mol. The van der Waals surface area contributed by atoms with Crippen LogP contribution in [0.1, 0.15) is 85.3 Å². The molecule has 2 aliphatic heterocycles. The molecule has 1 N–H and O–H groups in total. The van der Waals surface area contributed by atoms with Crippen LogP contribution in [0.5, 0.6) is 11.5 Å². The van der Waals surface area contributed by atoms with Crippen molar-refractivity contribution in [2.24, 2.45) is 16.7 Å². The van der Waals surface area contributed by atoms with Gasteiger partial charge in [0.25, 0.3) is 0 Å². The van der Waals surface area contributed by atoms with Gasteiger partial charge in [0.1, 0.15) is 18.4 Å². The van der Waals surface area contributed by atoms with Crippen LogP contribution >= 0.6 is 0 Å². The Labute approximate surface area is 228 Å². The fraction of sp³-hybridized carbons (Fsp3) is 0.806. The van der Waals surface area contributed by atoms with Crippen LogP contribution in [0.25, 0.3) is 0 Å². The largest absolute Gasteiger partial charge is 0.493 e. The minimum Gasteiger partial charge on any atom is -0.493 e. The van der Waals surface area contributed by atoms with Gasteiger partial charge in [-0.15, -0.1) is 0 Å². The van der Waals surface area contributed by atoms with E-state index >= 15 is 0 Å². The molecule has 1 saturated heterocycles. The minimum absolute atomic E-state index is 0.0776. The van der Waals surface area contributed by atoms with E-state index in [-0.39, 0.29) is 39.9 Å². The number of benzene rings is 1. The Hall–Kier alpha value is -1.38. The van der Waals surface area contributed by atoms with E-state index in [0.29, 0.717) is 6.73 Å². The van der Waals surface area contributed by atoms with Crippen molar-refractivity contribution in [3.05, 3.63) is 23.3 Å². The predicted molar refractivity (Wildman–Crippen MR) is 144 cm³/mol. The molecule has 2 unspecified atom stereocenters. The molecule has 1 aromatic rings. The number of likely N-dealkylation sites (tertiary alicyclic amines) is 1. The Morgan fingerprint density at radius 3 is 2.42 bits per heavy atom. The van der Waals surface area contributed by atoms with Crippen molar-refractivity contribution in [1.82, 2.24) is 4.90 Å². The highest BCUT2D eigenvalue weighted by molar-refractivity contribution is 5.63. The molecule has 7 atom stereocenters. The molecule has 212 valence electrons. The predicted octanol–water partition coefficient (Wildman–Crippen LogP) is 5.01. The molecule has 0 amide bonds. The van der Waals surface area contributed by atoms with Gasteiger partial charge < -0.3 is 19.3 Å². The van der Waals surface area contributed by atoms with E-state index in [9.17, 15) is 5.11 Å². The van der Waals surface area contributed by atoms with Gasteiger partial charge in [-0.25, -0.2) is 9.78 Å². The second kappa shape index (κ2) is 8.10. The van der Waals surface area contributed by atoms with Crippen molar-refractivity contribution in [3.8, 4) is 11.5 Å². The third-order valence-electron chi connectivity index (χ3n) is 11.4. The number of piperidine rings is 1. The van der Waals surface area contributed by atoms with E-state index in [1.807, 2.05) is 34.8 Å². The summed E-state index contributed by atoms with van der Waals surface area (Å²) in [5.74, 6) is 1.62. The van der Waals surface area contributed by atoms with Crippen molar-refractivity contribution >= 4 is 0 Å². The summed E-state index contributed by atoms with van der Waals surface area (Å²) in [6, 6.07) is 4.56. The molecule has 38 heavy (non-hydrogen) atoms. The Kier molecular flexibility index (Phi) is 5.71. The van der Waals surface area contributed by atoms with Crippen LogP contribution in [0.4, 0.5) is 0 Å². The van der Waals surface area contributed by atoms with Crippen LogP contribution < -0.4 is 9.47 Å². The quantitative estimate of drug-likeness (QED) is 0.410. The Balaban J connectivity index is 1.53. The zero-order chi connectivity index (χ0) is 27.5. The third-order valence-corrected chi connectivity index (χ3v) is 11.4. The van der Waals surface area contributed by atoms with Crippen LogP contribution in [0.15, 0.2) is 12.1 Å². The highest BCUT2D eigenvalue weighted by atomic mass is 17.2. The highest BCUT2D eigenvalue weighted by Crippen LogP contribution is 2.78. The number of ether oxygens (including phenoxy) is 3. The Morgan fingerprint density at radius 2 is 1.79 bits per heavy atom. The van der Waals surface area contributed by atoms with E-state index in [0.717, 1.165) is 50.1 Å². The topological polar surface area (TPSA) is 69.6 Å². The maximum atomic E-state index is 12.3. The van der Waals surface area contributed by atoms with Crippen molar-refractivity contribution in [2.75, 3.05) is 27.5 Å². The SMILES string of the molecule is COc1ccc2c3c1O[C@@H]1[C@]34CCN(COOC(C)(C)C)[C@H](C2)[C@]42CC[C@@]1(OC)C(C(C)(O)C(C)(C)C)C2. The maximum Gasteiger partial charge on any atom is 0.165 e. The standard InChI is InChI=1S/C31H47NO6/c1-26(2,3)28(7,33)21-17-29-12-13-31(21,35-9)25-30(29)14-15-32(18-36-38-27(4,5)6)22(29)16-19-10-11-20(34-8)24(37-25)23(19)30/h10-11,21-22,25,33H,12-18H2,1-9H3/t21?,22-,25-,28?,29-,30+,31-/m1/s1. The van der Waals surface area contributed by atoms with Gasteiger partial charge in [-0.05, 0) is 76.8 Å². The molecule has 2 heterocycles. The molecule has 6 aliphatic rings. The maximum absolute atomic E-state index is 12.3. The summed E-state index contributed by atoms with van der Waals surface area (Å²) < 4.78 is 19.6. The van der Waals surface area contributed by atoms with Crippen molar-refractivity contribution in [1.29, 1.82) is 0 Å². The first kappa shape index (κ1) is 26.8. The average Bonchev–Trinajstić information content (AvgIpc) is 3.20. The molecule has 4 aliphatic carbocycles. The molecule has 7 rings (SSSR count). The number of rotatable bonds is 6. The summed E-state index contributed by atoms with van der Waals surface area (Å²) in [7, 11) is 3.56. The van der Waals surface area contributed by atoms with Crippen molar-refractivity contribution < 1.29 is 29.1 Å².